The Labute approximate surface area is 93.3 Å². The fraction of sp³-hybridized carbons (Fsp3) is 1.00. The lowest BCUT2D eigenvalue weighted by molar-refractivity contribution is 0.281. The molecule has 0 saturated heterocycles. The van der Waals surface area contributed by atoms with E-state index in [1.165, 1.54) is 4.31 Å². The molecule has 0 atom stereocenters. The van der Waals surface area contributed by atoms with Crippen molar-refractivity contribution in [1.82, 2.24) is 4.31 Å². The van der Waals surface area contributed by atoms with Crippen LogP contribution in [-0.2, 0) is 10.0 Å². The van der Waals surface area contributed by atoms with Gasteiger partial charge in [0.1, 0.15) is 0 Å². The Morgan fingerprint density at radius 3 is 2.27 bits per heavy atom. The van der Waals surface area contributed by atoms with E-state index in [-0.39, 0.29) is 18.3 Å². The molecule has 0 unspecified atom stereocenters. The van der Waals surface area contributed by atoms with Crippen LogP contribution in [0.3, 0.4) is 0 Å². The van der Waals surface area contributed by atoms with Crippen molar-refractivity contribution >= 4 is 10.0 Å². The van der Waals surface area contributed by atoms with Crippen molar-refractivity contribution in [2.45, 2.75) is 33.1 Å². The molecule has 1 N–H and O–H groups in total. The number of aliphatic hydroxyl groups excluding tert-OH is 1. The van der Waals surface area contributed by atoms with Crippen molar-refractivity contribution in [1.29, 1.82) is 0 Å². The van der Waals surface area contributed by atoms with E-state index in [2.05, 4.69) is 0 Å². The zero-order valence-corrected chi connectivity index (χ0v) is 10.8. The highest BCUT2D eigenvalue weighted by molar-refractivity contribution is 7.89. The molecule has 4 nitrogen and oxygen atoms in total. The van der Waals surface area contributed by atoms with E-state index in [9.17, 15) is 8.42 Å². The molecule has 0 bridgehead atoms. The van der Waals surface area contributed by atoms with Crippen LogP contribution in [0.25, 0.3) is 0 Å². The Bertz CT molecular complexity index is 249. The van der Waals surface area contributed by atoms with Gasteiger partial charge in [0, 0.05) is 20.2 Å². The lowest BCUT2D eigenvalue weighted by atomic mass is 10.2. The molecule has 0 rings (SSSR count). The minimum absolute atomic E-state index is 0.162. The lowest BCUT2D eigenvalue weighted by Gasteiger charge is -2.18. The quantitative estimate of drug-likeness (QED) is 0.642. The molecule has 0 aliphatic carbocycles. The van der Waals surface area contributed by atoms with Gasteiger partial charge in [-0.15, -0.1) is 0 Å². The third-order valence-corrected chi connectivity index (χ3v) is 4.37. The van der Waals surface area contributed by atoms with E-state index in [1.807, 2.05) is 13.8 Å². The molecule has 0 aromatic rings. The van der Waals surface area contributed by atoms with E-state index in [4.69, 9.17) is 5.11 Å². The number of rotatable bonds is 8. The van der Waals surface area contributed by atoms with Crippen LogP contribution in [0.1, 0.15) is 33.1 Å². The number of unbranched alkanes of at least 4 members (excludes halogenated alkanes) is 2. The number of hydrogen-bond donors (Lipinski definition) is 1. The van der Waals surface area contributed by atoms with Crippen LogP contribution >= 0.6 is 0 Å². The van der Waals surface area contributed by atoms with Crippen LogP contribution in [0.2, 0.25) is 0 Å². The Morgan fingerprint density at radius 2 is 1.80 bits per heavy atom. The monoisotopic (exact) mass is 237 g/mol. The average Bonchev–Trinajstić information content (AvgIpc) is 2.10. The summed E-state index contributed by atoms with van der Waals surface area (Å²) in [7, 11) is -1.45. The van der Waals surface area contributed by atoms with Crippen LogP contribution < -0.4 is 0 Å². The molecule has 15 heavy (non-hydrogen) atoms. The predicted octanol–water partition coefficient (Wildman–Crippen LogP) is 1.07. The maximum atomic E-state index is 11.7. The van der Waals surface area contributed by atoms with Crippen LogP contribution in [0.4, 0.5) is 0 Å². The third kappa shape index (κ3) is 6.87. The average molecular weight is 237 g/mol. The first-order valence-corrected chi connectivity index (χ1v) is 7.06. The summed E-state index contributed by atoms with van der Waals surface area (Å²) in [6.45, 7) is 4.53. The minimum Gasteiger partial charge on any atom is -0.396 e. The van der Waals surface area contributed by atoms with Gasteiger partial charge in [0.2, 0.25) is 10.0 Å². The second kappa shape index (κ2) is 7.19. The molecular formula is C10H23NO3S. The Balaban J connectivity index is 3.92. The Morgan fingerprint density at radius 1 is 1.20 bits per heavy atom. The molecule has 0 heterocycles. The SMILES string of the molecule is CC(C)CS(=O)(=O)N(C)CCCCCO. The summed E-state index contributed by atoms with van der Waals surface area (Å²) in [5, 5.41) is 8.58. The van der Waals surface area contributed by atoms with Gasteiger partial charge in [0.25, 0.3) is 0 Å². The zero-order valence-electron chi connectivity index (χ0n) is 9.94. The van der Waals surface area contributed by atoms with Gasteiger partial charge in [-0.1, -0.05) is 13.8 Å². The molecule has 0 aliphatic heterocycles. The summed E-state index contributed by atoms with van der Waals surface area (Å²) >= 11 is 0. The molecule has 0 spiro atoms. The second-order valence-electron chi connectivity index (χ2n) is 4.28. The molecule has 0 amide bonds. The molecule has 92 valence electrons. The van der Waals surface area contributed by atoms with Gasteiger partial charge in [0.15, 0.2) is 0 Å². The van der Waals surface area contributed by atoms with Crippen molar-refractivity contribution in [3.63, 3.8) is 0 Å². The van der Waals surface area contributed by atoms with Gasteiger partial charge >= 0.3 is 0 Å². The highest BCUT2D eigenvalue weighted by Gasteiger charge is 2.18. The summed E-state index contributed by atoms with van der Waals surface area (Å²) in [6.07, 6.45) is 2.44. The fourth-order valence-electron chi connectivity index (χ4n) is 1.31. The van der Waals surface area contributed by atoms with Crippen molar-refractivity contribution in [3.05, 3.63) is 0 Å². The summed E-state index contributed by atoms with van der Waals surface area (Å²) in [5.74, 6) is 0.374. The fourth-order valence-corrected chi connectivity index (χ4v) is 2.81. The summed E-state index contributed by atoms with van der Waals surface area (Å²) in [6, 6.07) is 0. The molecule has 0 aliphatic rings. The number of nitrogens with zero attached hydrogens (tertiary/aromatic N) is 1. The molecule has 0 saturated carbocycles. The van der Waals surface area contributed by atoms with E-state index < -0.39 is 10.0 Å². The maximum absolute atomic E-state index is 11.7. The first kappa shape index (κ1) is 14.9. The van der Waals surface area contributed by atoms with Crippen molar-refractivity contribution < 1.29 is 13.5 Å². The highest BCUT2D eigenvalue weighted by atomic mass is 32.2. The number of aliphatic hydroxyl groups is 1. The van der Waals surface area contributed by atoms with Gasteiger partial charge in [-0.05, 0) is 25.2 Å². The van der Waals surface area contributed by atoms with Crippen molar-refractivity contribution in [2.24, 2.45) is 5.92 Å². The maximum Gasteiger partial charge on any atom is 0.214 e. The van der Waals surface area contributed by atoms with E-state index >= 15 is 0 Å². The van der Waals surface area contributed by atoms with Gasteiger partial charge in [-0.3, -0.25) is 0 Å². The summed E-state index contributed by atoms with van der Waals surface area (Å²) in [4.78, 5) is 0. The molecule has 5 heteroatoms. The minimum atomic E-state index is -3.08. The Kier molecular flexibility index (Phi) is 7.13. The zero-order chi connectivity index (χ0) is 11.9. The van der Waals surface area contributed by atoms with Gasteiger partial charge in [0.05, 0.1) is 5.75 Å². The summed E-state index contributed by atoms with van der Waals surface area (Å²) in [5.41, 5.74) is 0. The van der Waals surface area contributed by atoms with Crippen LogP contribution in [0, 0.1) is 5.92 Å². The van der Waals surface area contributed by atoms with E-state index in [1.54, 1.807) is 7.05 Å². The van der Waals surface area contributed by atoms with Gasteiger partial charge < -0.3 is 5.11 Å². The standard InChI is InChI=1S/C10H23NO3S/c1-10(2)9-15(13,14)11(3)7-5-4-6-8-12/h10,12H,4-9H2,1-3H3. The molecule has 0 aromatic heterocycles. The predicted molar refractivity (Wildman–Crippen MR) is 62.2 cm³/mol. The van der Waals surface area contributed by atoms with E-state index in [0.717, 1.165) is 19.3 Å². The normalized spacial score (nSPS) is 12.7. The molecule has 0 fully saturated rings. The first-order chi connectivity index (χ1) is 6.90. The molecule has 0 radical (unpaired) electrons. The van der Waals surface area contributed by atoms with Gasteiger partial charge in [-0.25, -0.2) is 12.7 Å². The smallest absolute Gasteiger partial charge is 0.214 e. The van der Waals surface area contributed by atoms with E-state index in [0.29, 0.717) is 6.54 Å². The van der Waals surface area contributed by atoms with Crippen LogP contribution in [0.5, 0.6) is 0 Å². The molecular weight excluding hydrogens is 214 g/mol. The van der Waals surface area contributed by atoms with Crippen molar-refractivity contribution in [3.8, 4) is 0 Å². The first-order valence-electron chi connectivity index (χ1n) is 5.45. The lowest BCUT2D eigenvalue weighted by Crippen LogP contribution is -2.31. The topological polar surface area (TPSA) is 57.6 Å². The number of sulfonamides is 1. The van der Waals surface area contributed by atoms with Crippen molar-refractivity contribution in [2.75, 3.05) is 26.0 Å². The van der Waals surface area contributed by atoms with Gasteiger partial charge in [-0.2, -0.15) is 0 Å². The largest absolute Gasteiger partial charge is 0.396 e. The van der Waals surface area contributed by atoms with Crippen LogP contribution in [0.15, 0.2) is 0 Å². The third-order valence-electron chi connectivity index (χ3n) is 2.15. The number of hydrogen-bond acceptors (Lipinski definition) is 3. The van der Waals surface area contributed by atoms with Crippen LogP contribution in [-0.4, -0.2) is 43.8 Å². The highest BCUT2D eigenvalue weighted by Crippen LogP contribution is 2.06. The second-order valence-corrected chi connectivity index (χ2v) is 6.40. The summed E-state index contributed by atoms with van der Waals surface area (Å²) < 4.78 is 24.8. The molecule has 0 aromatic carbocycles. The Hall–Kier alpha value is -0.130.